The van der Waals surface area contributed by atoms with Crippen molar-refractivity contribution >= 4 is 23.1 Å². The highest BCUT2D eigenvalue weighted by Gasteiger charge is 2.40. The number of para-hydroxylation sites is 1. The SMILES string of the molecule is CCCN1C(=O)C(Nc2cccc(C(F)(F)F)c2)=C(c2ccccc2OC)C1=O. The molecule has 2 aromatic carbocycles. The molecule has 0 fully saturated rings. The van der Waals surface area contributed by atoms with Crippen molar-refractivity contribution in [3.8, 4) is 5.75 Å². The third kappa shape index (κ3) is 3.96. The Morgan fingerprint density at radius 2 is 1.76 bits per heavy atom. The van der Waals surface area contributed by atoms with Crippen molar-refractivity contribution in [2.24, 2.45) is 0 Å². The maximum absolute atomic E-state index is 13.0. The van der Waals surface area contributed by atoms with E-state index in [2.05, 4.69) is 5.32 Å². The molecule has 0 bridgehead atoms. The summed E-state index contributed by atoms with van der Waals surface area (Å²) in [6.45, 7) is 2.02. The summed E-state index contributed by atoms with van der Waals surface area (Å²) in [5, 5.41) is 2.73. The van der Waals surface area contributed by atoms with Gasteiger partial charge in [0, 0.05) is 17.8 Å². The second-order valence-corrected chi connectivity index (χ2v) is 6.42. The fraction of sp³-hybridized carbons (Fsp3) is 0.238. The number of anilines is 1. The molecule has 0 unspecified atom stereocenters. The fourth-order valence-corrected chi connectivity index (χ4v) is 3.14. The number of amides is 2. The Kier molecular flexibility index (Phi) is 5.63. The number of benzene rings is 2. The molecule has 1 aliphatic heterocycles. The topological polar surface area (TPSA) is 58.6 Å². The minimum Gasteiger partial charge on any atom is -0.496 e. The highest BCUT2D eigenvalue weighted by molar-refractivity contribution is 6.37. The van der Waals surface area contributed by atoms with Gasteiger partial charge in [-0.15, -0.1) is 0 Å². The van der Waals surface area contributed by atoms with Crippen LogP contribution in [0.5, 0.6) is 5.75 Å². The third-order valence-electron chi connectivity index (χ3n) is 4.45. The van der Waals surface area contributed by atoms with Crippen molar-refractivity contribution in [2.75, 3.05) is 19.0 Å². The summed E-state index contributed by atoms with van der Waals surface area (Å²) in [5.41, 5.74) is -0.419. The van der Waals surface area contributed by atoms with Gasteiger partial charge in [0.15, 0.2) is 0 Å². The van der Waals surface area contributed by atoms with Crippen LogP contribution in [0.1, 0.15) is 24.5 Å². The van der Waals surface area contributed by atoms with Crippen molar-refractivity contribution < 1.29 is 27.5 Å². The molecule has 3 rings (SSSR count). The summed E-state index contributed by atoms with van der Waals surface area (Å²) in [6.07, 6.45) is -3.98. The number of hydrogen-bond acceptors (Lipinski definition) is 4. The number of nitrogens with one attached hydrogen (secondary N) is 1. The minimum atomic E-state index is -4.53. The number of imide groups is 1. The number of nitrogens with zero attached hydrogens (tertiary/aromatic N) is 1. The summed E-state index contributed by atoms with van der Waals surface area (Å²) in [6, 6.07) is 11.1. The molecule has 8 heteroatoms. The van der Waals surface area contributed by atoms with Crippen molar-refractivity contribution in [1.82, 2.24) is 4.90 Å². The first kappa shape index (κ1) is 20.4. The summed E-state index contributed by atoms with van der Waals surface area (Å²) in [5.74, 6) is -0.726. The van der Waals surface area contributed by atoms with E-state index in [-0.39, 0.29) is 23.5 Å². The van der Waals surface area contributed by atoms with Crippen molar-refractivity contribution in [3.05, 3.63) is 65.4 Å². The van der Waals surface area contributed by atoms with Crippen LogP contribution in [0.2, 0.25) is 0 Å². The smallest absolute Gasteiger partial charge is 0.416 e. The van der Waals surface area contributed by atoms with Crippen molar-refractivity contribution in [2.45, 2.75) is 19.5 Å². The number of rotatable bonds is 6. The second-order valence-electron chi connectivity index (χ2n) is 6.42. The van der Waals surface area contributed by atoms with E-state index in [1.807, 2.05) is 6.92 Å². The average Bonchev–Trinajstić information content (AvgIpc) is 2.92. The molecule has 152 valence electrons. The lowest BCUT2D eigenvalue weighted by Gasteiger charge is -2.14. The van der Waals surface area contributed by atoms with Crippen LogP contribution in [-0.2, 0) is 15.8 Å². The monoisotopic (exact) mass is 404 g/mol. The number of hydrogen-bond donors (Lipinski definition) is 1. The molecule has 1 aliphatic rings. The maximum Gasteiger partial charge on any atom is 0.416 e. The summed E-state index contributed by atoms with van der Waals surface area (Å²) < 4.78 is 44.4. The number of ether oxygens (including phenoxy) is 1. The van der Waals surface area contributed by atoms with Gasteiger partial charge < -0.3 is 10.1 Å². The number of halogens is 3. The van der Waals surface area contributed by atoms with E-state index in [0.29, 0.717) is 17.7 Å². The zero-order valence-corrected chi connectivity index (χ0v) is 15.8. The van der Waals surface area contributed by atoms with Gasteiger partial charge in [-0.3, -0.25) is 14.5 Å². The predicted octanol–water partition coefficient (Wildman–Crippen LogP) is 4.32. The van der Waals surface area contributed by atoms with Gasteiger partial charge in [0.05, 0.1) is 18.2 Å². The Hall–Kier alpha value is -3.29. The first-order chi connectivity index (χ1) is 13.8. The molecule has 0 radical (unpaired) electrons. The summed E-state index contributed by atoms with van der Waals surface area (Å²) in [7, 11) is 1.43. The van der Waals surface area contributed by atoms with Crippen molar-refractivity contribution in [3.63, 3.8) is 0 Å². The number of alkyl halides is 3. The van der Waals surface area contributed by atoms with E-state index in [0.717, 1.165) is 17.0 Å². The largest absolute Gasteiger partial charge is 0.496 e. The Balaban J connectivity index is 2.11. The summed E-state index contributed by atoms with van der Waals surface area (Å²) in [4.78, 5) is 27.0. The zero-order chi connectivity index (χ0) is 21.2. The molecule has 1 N–H and O–H groups in total. The Bertz CT molecular complexity index is 983. The van der Waals surface area contributed by atoms with Gasteiger partial charge in [0.1, 0.15) is 11.4 Å². The quantitative estimate of drug-likeness (QED) is 0.729. The first-order valence-corrected chi connectivity index (χ1v) is 8.96. The molecule has 1 heterocycles. The zero-order valence-electron chi connectivity index (χ0n) is 15.8. The van der Waals surface area contributed by atoms with Gasteiger partial charge in [-0.05, 0) is 30.7 Å². The standard InChI is InChI=1S/C21H19F3N2O3/c1-3-11-26-19(27)17(15-9-4-5-10-16(15)29-2)18(20(26)28)25-14-8-6-7-13(12-14)21(22,23)24/h4-10,12,25H,3,11H2,1-2H3. The van der Waals surface area contributed by atoms with Gasteiger partial charge in [-0.1, -0.05) is 31.2 Å². The summed E-state index contributed by atoms with van der Waals surface area (Å²) >= 11 is 0. The average molecular weight is 404 g/mol. The molecule has 0 saturated heterocycles. The van der Waals surface area contributed by atoms with E-state index in [1.165, 1.54) is 19.2 Å². The third-order valence-corrected chi connectivity index (χ3v) is 4.45. The van der Waals surface area contributed by atoms with E-state index < -0.39 is 23.6 Å². The normalized spacial score (nSPS) is 14.6. The Labute approximate surface area is 165 Å². The molecule has 0 saturated carbocycles. The van der Waals surface area contributed by atoms with Gasteiger partial charge in [0.25, 0.3) is 11.8 Å². The minimum absolute atomic E-state index is 0.0571. The van der Waals surface area contributed by atoms with E-state index in [1.54, 1.807) is 24.3 Å². The maximum atomic E-state index is 13.0. The van der Waals surface area contributed by atoms with E-state index in [9.17, 15) is 22.8 Å². The van der Waals surface area contributed by atoms with Gasteiger partial charge >= 0.3 is 6.18 Å². The molecule has 0 aromatic heterocycles. The van der Waals surface area contributed by atoms with Crippen LogP contribution in [0, 0.1) is 0 Å². The van der Waals surface area contributed by atoms with Crippen LogP contribution in [0.25, 0.3) is 5.57 Å². The van der Waals surface area contributed by atoms with Crippen LogP contribution in [0.4, 0.5) is 18.9 Å². The molecule has 0 spiro atoms. The van der Waals surface area contributed by atoms with Crippen LogP contribution in [-0.4, -0.2) is 30.4 Å². The molecule has 5 nitrogen and oxygen atoms in total. The predicted molar refractivity (Wildman–Crippen MR) is 102 cm³/mol. The Morgan fingerprint density at radius 3 is 2.41 bits per heavy atom. The lowest BCUT2D eigenvalue weighted by Crippen LogP contribution is -2.33. The lowest BCUT2D eigenvalue weighted by atomic mass is 10.0. The first-order valence-electron chi connectivity index (χ1n) is 8.96. The number of carbonyl (C=O) groups is 2. The van der Waals surface area contributed by atoms with Gasteiger partial charge in [-0.2, -0.15) is 13.2 Å². The van der Waals surface area contributed by atoms with Gasteiger partial charge in [0.2, 0.25) is 0 Å². The van der Waals surface area contributed by atoms with Crippen molar-refractivity contribution in [1.29, 1.82) is 0 Å². The van der Waals surface area contributed by atoms with Crippen LogP contribution < -0.4 is 10.1 Å². The van der Waals surface area contributed by atoms with Gasteiger partial charge in [-0.25, -0.2) is 0 Å². The van der Waals surface area contributed by atoms with Crippen LogP contribution in [0.3, 0.4) is 0 Å². The molecule has 0 atom stereocenters. The molecular formula is C21H19F3N2O3. The Morgan fingerprint density at radius 1 is 1.03 bits per heavy atom. The molecule has 0 aliphatic carbocycles. The number of carbonyl (C=O) groups excluding carboxylic acids is 2. The highest BCUT2D eigenvalue weighted by Crippen LogP contribution is 2.36. The van der Waals surface area contributed by atoms with Crippen LogP contribution >= 0.6 is 0 Å². The second kappa shape index (κ2) is 7.98. The number of methoxy groups -OCH3 is 1. The molecule has 2 aromatic rings. The van der Waals surface area contributed by atoms with E-state index >= 15 is 0 Å². The molecular weight excluding hydrogens is 385 g/mol. The van der Waals surface area contributed by atoms with E-state index in [4.69, 9.17) is 4.74 Å². The fourth-order valence-electron chi connectivity index (χ4n) is 3.14. The van der Waals surface area contributed by atoms with Crippen LogP contribution in [0.15, 0.2) is 54.2 Å². The highest BCUT2D eigenvalue weighted by atomic mass is 19.4. The lowest BCUT2D eigenvalue weighted by molar-refractivity contribution is -0.138. The molecule has 29 heavy (non-hydrogen) atoms. The molecule has 2 amide bonds.